The van der Waals surface area contributed by atoms with Crippen molar-refractivity contribution in [3.8, 4) is 6.07 Å². The lowest BCUT2D eigenvalue weighted by Gasteiger charge is -2.05. The molecular weight excluding hydrogens is 341 g/mol. The summed E-state index contributed by atoms with van der Waals surface area (Å²) in [6, 6.07) is 12.8. The molecule has 2 aromatic carbocycles. The summed E-state index contributed by atoms with van der Waals surface area (Å²) in [6.07, 6.45) is 1.23. The van der Waals surface area contributed by atoms with Gasteiger partial charge in [-0.05, 0) is 36.8 Å². The summed E-state index contributed by atoms with van der Waals surface area (Å²) in [7, 11) is -3.90. The van der Waals surface area contributed by atoms with E-state index in [1.165, 1.54) is 18.2 Å². The van der Waals surface area contributed by atoms with E-state index in [-0.39, 0.29) is 14.8 Å². The van der Waals surface area contributed by atoms with Crippen LogP contribution >= 0.6 is 23.2 Å². The van der Waals surface area contributed by atoms with E-state index >= 15 is 0 Å². The monoisotopic (exact) mass is 351 g/mol. The Bertz CT molecular complexity index is 879. The van der Waals surface area contributed by atoms with Crippen LogP contribution in [0.1, 0.15) is 11.1 Å². The van der Waals surface area contributed by atoms with E-state index in [0.29, 0.717) is 10.6 Å². The molecule has 0 fully saturated rings. The minimum atomic E-state index is -3.90. The zero-order chi connectivity index (χ0) is 16.3. The molecule has 0 bridgehead atoms. The predicted octanol–water partition coefficient (Wildman–Crippen LogP) is 4.64. The van der Waals surface area contributed by atoms with Crippen molar-refractivity contribution in [1.82, 2.24) is 0 Å². The number of sulfone groups is 1. The third-order valence-electron chi connectivity index (χ3n) is 3.00. The first-order chi connectivity index (χ1) is 10.4. The lowest BCUT2D eigenvalue weighted by molar-refractivity contribution is 0.603. The van der Waals surface area contributed by atoms with Gasteiger partial charge in [-0.2, -0.15) is 5.26 Å². The number of benzene rings is 2. The zero-order valence-electron chi connectivity index (χ0n) is 11.5. The summed E-state index contributed by atoms with van der Waals surface area (Å²) >= 11 is 11.9. The number of allylic oxidation sites excluding steroid dienone is 1. The zero-order valence-corrected chi connectivity index (χ0v) is 13.9. The molecule has 0 spiro atoms. The Balaban J connectivity index is 2.56. The first-order valence-corrected chi connectivity index (χ1v) is 8.47. The van der Waals surface area contributed by atoms with Gasteiger partial charge in [0.2, 0.25) is 9.84 Å². The van der Waals surface area contributed by atoms with Gasteiger partial charge < -0.3 is 0 Å². The van der Waals surface area contributed by atoms with E-state index in [9.17, 15) is 13.7 Å². The molecule has 3 nitrogen and oxygen atoms in total. The smallest absolute Gasteiger partial charge is 0.216 e. The molecule has 0 aromatic heterocycles. The summed E-state index contributed by atoms with van der Waals surface area (Å²) < 4.78 is 25.0. The van der Waals surface area contributed by atoms with Gasteiger partial charge in [-0.15, -0.1) is 0 Å². The Labute approximate surface area is 139 Å². The second-order valence-corrected chi connectivity index (χ2v) is 7.28. The minimum absolute atomic E-state index is 0.0593. The quantitative estimate of drug-likeness (QED) is 0.756. The molecular formula is C16H11Cl2NO2S. The number of nitriles is 1. The van der Waals surface area contributed by atoms with Crippen LogP contribution in [0.5, 0.6) is 0 Å². The number of hydrogen-bond acceptors (Lipinski definition) is 3. The Morgan fingerprint density at radius 1 is 1.14 bits per heavy atom. The summed E-state index contributed by atoms with van der Waals surface area (Å²) in [5, 5.41) is 9.72. The molecule has 2 aromatic rings. The molecule has 0 radical (unpaired) electrons. The molecule has 0 aliphatic rings. The standard InChI is InChI=1S/C16H11Cl2NO2S/c1-11-5-7-13(8-6-11)22(20,21)14(10-19)9-12-3-2-4-15(17)16(12)18/h2-9H,1H3/b14-9+. The van der Waals surface area contributed by atoms with Gasteiger partial charge in [0.15, 0.2) is 0 Å². The topological polar surface area (TPSA) is 57.9 Å². The summed E-state index contributed by atoms with van der Waals surface area (Å²) in [5.74, 6) is 0. The Morgan fingerprint density at radius 2 is 1.77 bits per heavy atom. The van der Waals surface area contributed by atoms with Crippen molar-refractivity contribution in [2.45, 2.75) is 11.8 Å². The largest absolute Gasteiger partial charge is 0.218 e. The second kappa shape index (κ2) is 6.53. The molecule has 0 aliphatic heterocycles. The maximum absolute atomic E-state index is 12.5. The number of rotatable bonds is 3. The molecule has 0 saturated heterocycles. The normalized spacial score (nSPS) is 12.0. The van der Waals surface area contributed by atoms with Crippen LogP contribution in [0.25, 0.3) is 6.08 Å². The SMILES string of the molecule is Cc1ccc(S(=O)(=O)/C(C#N)=C/c2cccc(Cl)c2Cl)cc1. The van der Waals surface area contributed by atoms with Crippen molar-refractivity contribution in [3.63, 3.8) is 0 Å². The predicted molar refractivity (Wildman–Crippen MR) is 88.4 cm³/mol. The average Bonchev–Trinajstić information content (AvgIpc) is 2.49. The maximum Gasteiger partial charge on any atom is 0.216 e. The van der Waals surface area contributed by atoms with Gasteiger partial charge in [0.1, 0.15) is 11.0 Å². The summed E-state index contributed by atoms with van der Waals surface area (Å²) in [5.41, 5.74) is 1.31. The van der Waals surface area contributed by atoms with Crippen LogP contribution in [0.2, 0.25) is 10.0 Å². The molecule has 0 saturated carbocycles. The van der Waals surface area contributed by atoms with Crippen molar-refractivity contribution >= 4 is 39.1 Å². The summed E-state index contributed by atoms with van der Waals surface area (Å²) in [6.45, 7) is 1.85. The molecule has 6 heteroatoms. The third-order valence-corrected chi connectivity index (χ3v) is 5.51. The van der Waals surface area contributed by atoms with Gasteiger partial charge in [0.25, 0.3) is 0 Å². The molecule has 0 aliphatic carbocycles. The third kappa shape index (κ3) is 3.33. The minimum Gasteiger partial charge on any atom is -0.218 e. The number of hydrogen-bond donors (Lipinski definition) is 0. The van der Waals surface area contributed by atoms with Crippen LogP contribution in [-0.4, -0.2) is 8.42 Å². The Kier molecular flexibility index (Phi) is 4.92. The van der Waals surface area contributed by atoms with Gasteiger partial charge in [-0.1, -0.05) is 53.0 Å². The highest BCUT2D eigenvalue weighted by atomic mass is 35.5. The van der Waals surface area contributed by atoms with E-state index in [2.05, 4.69) is 0 Å². The fraction of sp³-hybridized carbons (Fsp3) is 0.0625. The summed E-state index contributed by atoms with van der Waals surface area (Å²) in [4.78, 5) is -0.329. The van der Waals surface area contributed by atoms with Crippen LogP contribution in [0.3, 0.4) is 0 Å². The highest BCUT2D eigenvalue weighted by Gasteiger charge is 2.21. The van der Waals surface area contributed by atoms with E-state index in [1.54, 1.807) is 36.4 Å². The highest BCUT2D eigenvalue weighted by Crippen LogP contribution is 2.29. The first kappa shape index (κ1) is 16.6. The van der Waals surface area contributed by atoms with Crippen LogP contribution in [0.15, 0.2) is 52.3 Å². The van der Waals surface area contributed by atoms with E-state index < -0.39 is 9.84 Å². The van der Waals surface area contributed by atoms with Crippen molar-refractivity contribution in [1.29, 1.82) is 5.26 Å². The van der Waals surface area contributed by atoms with Gasteiger partial charge in [-0.25, -0.2) is 8.42 Å². The molecule has 0 heterocycles. The molecule has 2 rings (SSSR count). The van der Waals surface area contributed by atoms with Gasteiger partial charge in [0, 0.05) is 0 Å². The Hall–Kier alpha value is -1.80. The molecule has 0 N–H and O–H groups in total. The van der Waals surface area contributed by atoms with Crippen LogP contribution < -0.4 is 0 Å². The molecule has 0 unspecified atom stereocenters. The van der Waals surface area contributed by atoms with Crippen LogP contribution in [-0.2, 0) is 9.84 Å². The second-order valence-electron chi connectivity index (χ2n) is 4.58. The number of halogens is 2. The first-order valence-electron chi connectivity index (χ1n) is 6.24. The molecule has 0 amide bonds. The van der Waals surface area contributed by atoms with Crippen LogP contribution in [0.4, 0.5) is 0 Å². The number of aryl methyl sites for hydroxylation is 1. The average molecular weight is 352 g/mol. The highest BCUT2D eigenvalue weighted by molar-refractivity contribution is 7.95. The molecule has 0 atom stereocenters. The molecule has 112 valence electrons. The Morgan fingerprint density at radius 3 is 2.36 bits per heavy atom. The van der Waals surface area contributed by atoms with Crippen LogP contribution in [0, 0.1) is 18.3 Å². The fourth-order valence-corrected chi connectivity index (χ4v) is 3.30. The van der Waals surface area contributed by atoms with E-state index in [1.807, 2.05) is 6.92 Å². The molecule has 22 heavy (non-hydrogen) atoms. The lowest BCUT2D eigenvalue weighted by Crippen LogP contribution is -2.03. The van der Waals surface area contributed by atoms with Gasteiger partial charge >= 0.3 is 0 Å². The lowest BCUT2D eigenvalue weighted by atomic mass is 10.2. The fourth-order valence-electron chi connectivity index (χ4n) is 1.79. The van der Waals surface area contributed by atoms with Gasteiger partial charge in [-0.3, -0.25) is 0 Å². The van der Waals surface area contributed by atoms with Crippen molar-refractivity contribution in [3.05, 3.63) is 68.5 Å². The maximum atomic E-state index is 12.5. The van der Waals surface area contributed by atoms with Crippen molar-refractivity contribution < 1.29 is 8.42 Å². The van der Waals surface area contributed by atoms with Gasteiger partial charge in [0.05, 0.1) is 14.9 Å². The van der Waals surface area contributed by atoms with Crippen molar-refractivity contribution in [2.24, 2.45) is 0 Å². The van der Waals surface area contributed by atoms with E-state index in [0.717, 1.165) is 5.56 Å². The number of nitrogens with zero attached hydrogens (tertiary/aromatic N) is 1. The van der Waals surface area contributed by atoms with E-state index in [4.69, 9.17) is 23.2 Å². The van der Waals surface area contributed by atoms with Crippen molar-refractivity contribution in [2.75, 3.05) is 0 Å².